The second-order valence-corrected chi connectivity index (χ2v) is 5.56. The maximum absolute atomic E-state index is 10.5. The van der Waals surface area contributed by atoms with Crippen LogP contribution in [0.25, 0.3) is 0 Å². The molecule has 0 unspecified atom stereocenters. The fourth-order valence-corrected chi connectivity index (χ4v) is 0.783. The van der Waals surface area contributed by atoms with Crippen molar-refractivity contribution in [3.05, 3.63) is 0 Å². The summed E-state index contributed by atoms with van der Waals surface area (Å²) in [4.78, 5) is 23.9. The van der Waals surface area contributed by atoms with Gasteiger partial charge in [0.05, 0.1) is 0 Å². The minimum absolute atomic E-state index is 0.0926. The van der Waals surface area contributed by atoms with Crippen LogP contribution >= 0.6 is 0 Å². The van der Waals surface area contributed by atoms with E-state index in [4.69, 9.17) is 0 Å². The Morgan fingerprint density at radius 1 is 1.35 bits per heavy atom. The Hall–Kier alpha value is -0.910. The summed E-state index contributed by atoms with van der Waals surface area (Å²) in [7, 11) is 4.68. The van der Waals surface area contributed by atoms with E-state index in [1.807, 2.05) is 7.05 Å². The van der Waals surface area contributed by atoms with Crippen LogP contribution in [0.1, 0.15) is 19.8 Å². The zero-order valence-electron chi connectivity index (χ0n) is 11.6. The fraction of sp³-hybridized carbons (Fsp3) is 0.818. The number of hydrogen-bond acceptors (Lipinski definition) is 3. The van der Waals surface area contributed by atoms with Crippen LogP contribution in [0.2, 0.25) is 0 Å². The molecule has 1 aliphatic heterocycles. The molecule has 102 valence electrons. The summed E-state index contributed by atoms with van der Waals surface area (Å²) in [6, 6.07) is 0. The van der Waals surface area contributed by atoms with E-state index in [2.05, 4.69) is 0 Å². The molecule has 0 aliphatic carbocycles. The van der Waals surface area contributed by atoms with Crippen LogP contribution in [0.5, 0.6) is 0 Å². The van der Waals surface area contributed by atoms with E-state index in [1.54, 1.807) is 31.5 Å². The van der Waals surface area contributed by atoms with Crippen molar-refractivity contribution < 1.29 is 13.8 Å². The highest BCUT2D eigenvalue weighted by atomic mass is 32.2. The number of carbonyl (C=O) groups excluding carboxylic acids is 2. The first-order chi connectivity index (χ1) is 7.68. The highest BCUT2D eigenvalue weighted by molar-refractivity contribution is 7.83. The molecule has 0 saturated carbocycles. The highest BCUT2D eigenvalue weighted by Gasteiger charge is 2.14. The number of likely N-dealkylation sites (tertiary alicyclic amines) is 1. The molecule has 1 fully saturated rings. The fourth-order valence-electron chi connectivity index (χ4n) is 0.783. The monoisotopic (exact) mass is 264 g/mol. The van der Waals surface area contributed by atoms with Crippen LogP contribution in [-0.2, 0) is 20.4 Å². The van der Waals surface area contributed by atoms with Gasteiger partial charge in [-0.25, -0.2) is 0 Å². The maximum atomic E-state index is 10.5. The van der Waals surface area contributed by atoms with Gasteiger partial charge in [-0.2, -0.15) is 0 Å². The number of carbonyl (C=O) groups is 2. The molecule has 0 radical (unpaired) electrons. The van der Waals surface area contributed by atoms with Crippen molar-refractivity contribution in [1.29, 1.82) is 0 Å². The molecule has 1 rings (SSSR count). The molecule has 1 heterocycles. The zero-order valence-corrected chi connectivity index (χ0v) is 12.5. The molecule has 0 aromatic rings. The third kappa shape index (κ3) is 15.1. The minimum atomic E-state index is -0.611. The third-order valence-electron chi connectivity index (χ3n) is 1.94. The van der Waals surface area contributed by atoms with Gasteiger partial charge < -0.3 is 9.80 Å². The topological polar surface area (TPSA) is 57.7 Å². The van der Waals surface area contributed by atoms with Gasteiger partial charge in [0.1, 0.15) is 0 Å². The molecule has 6 heteroatoms. The first-order valence-electron chi connectivity index (χ1n) is 5.35. The van der Waals surface area contributed by atoms with E-state index in [0.29, 0.717) is 5.91 Å². The lowest BCUT2D eigenvalue weighted by Crippen LogP contribution is -2.17. The SMILES string of the molecule is CC(=O)N(C)C.CN1CCCC1=O.CS(C)=O. The average molecular weight is 264 g/mol. The smallest absolute Gasteiger partial charge is 0.222 e. The number of hydrogen-bond donors (Lipinski definition) is 0. The zero-order chi connectivity index (χ0) is 14.0. The molecule has 0 N–H and O–H groups in total. The van der Waals surface area contributed by atoms with Crippen molar-refractivity contribution in [1.82, 2.24) is 9.80 Å². The van der Waals surface area contributed by atoms with E-state index in [0.717, 1.165) is 19.4 Å². The largest absolute Gasteiger partial charge is 0.349 e. The standard InChI is InChI=1S/C5H9NO.C4H9NO.C2H6OS/c1-6-4-2-3-5(6)7;1-4(6)5(2)3;1-4(2)3/h2-4H2,1H3;1-3H3;1-2H3. The van der Waals surface area contributed by atoms with Crippen LogP contribution in [0.4, 0.5) is 0 Å². The van der Waals surface area contributed by atoms with Gasteiger partial charge in [-0.15, -0.1) is 0 Å². The van der Waals surface area contributed by atoms with Gasteiger partial charge in [-0.3, -0.25) is 13.8 Å². The summed E-state index contributed by atoms with van der Waals surface area (Å²) >= 11 is 0. The lowest BCUT2D eigenvalue weighted by Gasteiger charge is -2.03. The predicted octanol–water partition coefficient (Wildman–Crippen LogP) is 0.328. The molecule has 17 heavy (non-hydrogen) atoms. The molecule has 0 atom stereocenters. The lowest BCUT2D eigenvalue weighted by atomic mass is 10.4. The Kier molecular flexibility index (Phi) is 11.1. The Balaban J connectivity index is 0. The van der Waals surface area contributed by atoms with Crippen LogP contribution in [-0.4, -0.2) is 66.0 Å². The number of rotatable bonds is 0. The van der Waals surface area contributed by atoms with Gasteiger partial charge in [0.2, 0.25) is 11.8 Å². The third-order valence-corrected chi connectivity index (χ3v) is 1.94. The van der Waals surface area contributed by atoms with Crippen LogP contribution in [0.15, 0.2) is 0 Å². The average Bonchev–Trinajstić information content (AvgIpc) is 2.51. The van der Waals surface area contributed by atoms with Gasteiger partial charge >= 0.3 is 0 Å². The van der Waals surface area contributed by atoms with Gasteiger partial charge in [0.25, 0.3) is 0 Å². The quantitative estimate of drug-likeness (QED) is 0.633. The van der Waals surface area contributed by atoms with E-state index in [9.17, 15) is 13.8 Å². The molecule has 1 aliphatic rings. The summed E-state index contributed by atoms with van der Waals surface area (Å²) in [5.74, 6) is 0.384. The highest BCUT2D eigenvalue weighted by Crippen LogP contribution is 2.04. The summed E-state index contributed by atoms with van der Waals surface area (Å²) in [5.41, 5.74) is 0. The number of nitrogens with zero attached hydrogens (tertiary/aromatic N) is 2. The molecule has 1 saturated heterocycles. The van der Waals surface area contributed by atoms with Crippen molar-refractivity contribution in [3.63, 3.8) is 0 Å². The normalized spacial score (nSPS) is 13.6. The van der Waals surface area contributed by atoms with Crippen molar-refractivity contribution >= 4 is 22.6 Å². The Bertz CT molecular complexity index is 263. The lowest BCUT2D eigenvalue weighted by molar-refractivity contribution is -0.127. The Labute approximate surface area is 107 Å². The second-order valence-electron chi connectivity index (χ2n) is 4.07. The van der Waals surface area contributed by atoms with Gasteiger partial charge in [-0.05, 0) is 6.42 Å². The maximum Gasteiger partial charge on any atom is 0.222 e. The van der Waals surface area contributed by atoms with E-state index < -0.39 is 10.8 Å². The van der Waals surface area contributed by atoms with E-state index in [-0.39, 0.29) is 5.91 Å². The van der Waals surface area contributed by atoms with Crippen LogP contribution < -0.4 is 0 Å². The Morgan fingerprint density at radius 2 is 1.71 bits per heavy atom. The molecule has 0 spiro atoms. The van der Waals surface area contributed by atoms with Crippen molar-refractivity contribution in [2.24, 2.45) is 0 Å². The molecule has 0 aromatic carbocycles. The molecule has 2 amide bonds. The molecule has 0 bridgehead atoms. The Morgan fingerprint density at radius 3 is 1.76 bits per heavy atom. The van der Waals surface area contributed by atoms with Crippen LogP contribution in [0.3, 0.4) is 0 Å². The predicted molar refractivity (Wildman–Crippen MR) is 71.2 cm³/mol. The van der Waals surface area contributed by atoms with E-state index >= 15 is 0 Å². The molecular formula is C11H24N2O3S. The van der Waals surface area contributed by atoms with Crippen molar-refractivity contribution in [2.75, 3.05) is 40.2 Å². The molecular weight excluding hydrogens is 240 g/mol. The van der Waals surface area contributed by atoms with Crippen molar-refractivity contribution in [2.45, 2.75) is 19.8 Å². The summed E-state index contributed by atoms with van der Waals surface area (Å²) < 4.78 is 9.56. The van der Waals surface area contributed by atoms with Gasteiger partial charge in [0, 0.05) is 64.3 Å². The van der Waals surface area contributed by atoms with Crippen LogP contribution in [0, 0.1) is 0 Å². The first-order valence-corrected chi connectivity index (χ1v) is 7.32. The summed E-state index contributed by atoms with van der Waals surface area (Å²) in [6.07, 6.45) is 5.09. The second kappa shape index (κ2) is 10.3. The first kappa shape index (κ1) is 18.5. The van der Waals surface area contributed by atoms with Gasteiger partial charge in [0.15, 0.2) is 0 Å². The van der Waals surface area contributed by atoms with Gasteiger partial charge in [-0.1, -0.05) is 0 Å². The minimum Gasteiger partial charge on any atom is -0.349 e. The number of amides is 2. The summed E-state index contributed by atoms with van der Waals surface area (Å²) in [6.45, 7) is 2.48. The molecule has 5 nitrogen and oxygen atoms in total. The summed E-state index contributed by atoms with van der Waals surface area (Å²) in [5, 5.41) is 0. The van der Waals surface area contributed by atoms with Crippen molar-refractivity contribution in [3.8, 4) is 0 Å². The molecule has 0 aromatic heterocycles. The van der Waals surface area contributed by atoms with E-state index in [1.165, 1.54) is 11.8 Å².